The number of hydrogen-bond acceptors (Lipinski definition) is 3. The number of halogens is 1. The van der Waals surface area contributed by atoms with Gasteiger partial charge in [0.15, 0.2) is 0 Å². The Labute approximate surface area is 153 Å². The molecule has 3 rings (SSSR count). The van der Waals surface area contributed by atoms with Crippen molar-refractivity contribution in [1.82, 2.24) is 0 Å². The average Bonchev–Trinajstić information content (AvgIpc) is 2.63. The van der Waals surface area contributed by atoms with E-state index in [9.17, 15) is 4.79 Å². The smallest absolute Gasteiger partial charge is 0.336 e. The highest BCUT2D eigenvalue weighted by atomic mass is 35.5. The summed E-state index contributed by atoms with van der Waals surface area (Å²) in [6, 6.07) is 17.5. The summed E-state index contributed by atoms with van der Waals surface area (Å²) in [6.07, 6.45) is 2.81. The summed E-state index contributed by atoms with van der Waals surface area (Å²) in [4.78, 5) is 12.5. The molecule has 25 heavy (non-hydrogen) atoms. The van der Waals surface area contributed by atoms with Crippen molar-refractivity contribution in [2.75, 3.05) is 12.4 Å². The number of carbonyl (C=O) groups excluding carboxylic acids is 1. The number of benzene rings is 2. The molecular formula is C21H20ClNO2. The second-order valence-corrected chi connectivity index (χ2v) is 6.55. The molecule has 0 saturated carbocycles. The molecule has 128 valence electrons. The molecule has 0 amide bonds. The van der Waals surface area contributed by atoms with E-state index >= 15 is 0 Å². The van der Waals surface area contributed by atoms with Gasteiger partial charge in [0.2, 0.25) is 0 Å². The van der Waals surface area contributed by atoms with Crippen LogP contribution in [0.5, 0.6) is 0 Å². The van der Waals surface area contributed by atoms with Crippen LogP contribution in [0.25, 0.3) is 0 Å². The lowest BCUT2D eigenvalue weighted by atomic mass is 9.81. The zero-order chi connectivity index (χ0) is 17.8. The van der Waals surface area contributed by atoms with Gasteiger partial charge < -0.3 is 10.1 Å². The van der Waals surface area contributed by atoms with Gasteiger partial charge in [0, 0.05) is 22.3 Å². The first-order chi connectivity index (χ1) is 12.1. The summed E-state index contributed by atoms with van der Waals surface area (Å²) in [5.41, 5.74) is 4.60. The molecule has 1 N–H and O–H groups in total. The van der Waals surface area contributed by atoms with Crippen LogP contribution in [-0.4, -0.2) is 13.1 Å². The van der Waals surface area contributed by atoms with Gasteiger partial charge in [-0.3, -0.25) is 0 Å². The zero-order valence-corrected chi connectivity index (χ0v) is 15.0. The Kier molecular flexibility index (Phi) is 5.25. The molecule has 1 aliphatic rings. The third kappa shape index (κ3) is 3.94. The van der Waals surface area contributed by atoms with Gasteiger partial charge in [0.05, 0.1) is 12.7 Å². The fourth-order valence-corrected chi connectivity index (χ4v) is 3.24. The Morgan fingerprint density at radius 1 is 1.12 bits per heavy atom. The highest BCUT2D eigenvalue weighted by molar-refractivity contribution is 6.30. The minimum Gasteiger partial charge on any atom is -0.466 e. The van der Waals surface area contributed by atoms with E-state index in [-0.39, 0.29) is 11.9 Å². The fraction of sp³-hybridized carbons (Fsp3) is 0.190. The largest absolute Gasteiger partial charge is 0.466 e. The van der Waals surface area contributed by atoms with Crippen molar-refractivity contribution >= 4 is 23.3 Å². The molecule has 0 aromatic heterocycles. The molecule has 0 radical (unpaired) electrons. The summed E-state index contributed by atoms with van der Waals surface area (Å²) < 4.78 is 5.08. The molecular weight excluding hydrogens is 334 g/mol. The van der Waals surface area contributed by atoms with Gasteiger partial charge in [-0.2, -0.15) is 0 Å². The van der Waals surface area contributed by atoms with E-state index in [0.717, 1.165) is 23.4 Å². The maximum absolute atomic E-state index is 12.5. The maximum atomic E-state index is 12.5. The van der Waals surface area contributed by atoms with Crippen LogP contribution >= 0.6 is 11.6 Å². The van der Waals surface area contributed by atoms with E-state index in [2.05, 4.69) is 12.2 Å². The predicted molar refractivity (Wildman–Crippen MR) is 102 cm³/mol. The van der Waals surface area contributed by atoms with Gasteiger partial charge in [0.1, 0.15) is 0 Å². The summed E-state index contributed by atoms with van der Waals surface area (Å²) in [7, 11) is 1.42. The Hall–Kier alpha value is -2.52. The predicted octanol–water partition coefficient (Wildman–Crippen LogP) is 5.31. The molecule has 0 bridgehead atoms. The third-order valence-corrected chi connectivity index (χ3v) is 4.54. The second-order valence-electron chi connectivity index (χ2n) is 6.11. The van der Waals surface area contributed by atoms with Crippen LogP contribution in [0, 0.1) is 0 Å². The number of esters is 1. The van der Waals surface area contributed by atoms with Gasteiger partial charge in [-0.15, -0.1) is 0 Å². The number of allylic oxidation sites excluding steroid dienone is 2. The summed E-state index contributed by atoms with van der Waals surface area (Å²) in [5.74, 6) is -0.345. The molecule has 0 fully saturated rings. The molecule has 2 aromatic carbocycles. The van der Waals surface area contributed by atoms with Gasteiger partial charge in [-0.1, -0.05) is 47.5 Å². The van der Waals surface area contributed by atoms with Gasteiger partial charge >= 0.3 is 5.97 Å². The standard InChI is InChI=1S/C21H20ClNO2/c1-14-12-18(15-6-4-3-5-7-15)20(21(24)25-2)19(13-14)23-17-10-8-16(22)9-11-17/h3-11,13,18,23H,12H2,1-2H3/t18-/m1/s1. The molecule has 3 nitrogen and oxygen atoms in total. The van der Waals surface area contributed by atoms with Crippen LogP contribution < -0.4 is 5.32 Å². The highest BCUT2D eigenvalue weighted by Gasteiger charge is 2.30. The van der Waals surface area contributed by atoms with E-state index in [1.165, 1.54) is 12.7 Å². The first-order valence-electron chi connectivity index (χ1n) is 8.15. The molecule has 0 saturated heterocycles. The van der Waals surface area contributed by atoms with Crippen LogP contribution in [-0.2, 0) is 9.53 Å². The lowest BCUT2D eigenvalue weighted by molar-refractivity contribution is -0.136. The van der Waals surface area contributed by atoms with Gasteiger partial charge in [-0.25, -0.2) is 4.79 Å². The van der Waals surface area contributed by atoms with Crippen LogP contribution in [0.3, 0.4) is 0 Å². The van der Waals surface area contributed by atoms with Crippen LogP contribution in [0.2, 0.25) is 5.02 Å². The third-order valence-electron chi connectivity index (χ3n) is 4.29. The van der Waals surface area contributed by atoms with Gasteiger partial charge in [-0.05, 0) is 49.2 Å². The van der Waals surface area contributed by atoms with Crippen LogP contribution in [0.15, 0.2) is 77.5 Å². The van der Waals surface area contributed by atoms with E-state index in [0.29, 0.717) is 10.6 Å². The van der Waals surface area contributed by atoms with Crippen LogP contribution in [0.4, 0.5) is 5.69 Å². The molecule has 4 heteroatoms. The quantitative estimate of drug-likeness (QED) is 0.757. The van der Waals surface area contributed by atoms with Crippen molar-refractivity contribution in [3.63, 3.8) is 0 Å². The lowest BCUT2D eigenvalue weighted by Crippen LogP contribution is -2.21. The molecule has 1 atom stereocenters. The highest BCUT2D eigenvalue weighted by Crippen LogP contribution is 2.38. The zero-order valence-electron chi connectivity index (χ0n) is 14.3. The molecule has 0 heterocycles. The monoisotopic (exact) mass is 353 g/mol. The van der Waals surface area contributed by atoms with E-state index in [4.69, 9.17) is 16.3 Å². The van der Waals surface area contributed by atoms with Crippen molar-refractivity contribution in [3.8, 4) is 0 Å². The Bertz CT molecular complexity index is 823. The Morgan fingerprint density at radius 2 is 1.80 bits per heavy atom. The SMILES string of the molecule is COC(=O)C1=C(Nc2ccc(Cl)cc2)C=C(C)C[C@@H]1c1ccccc1. The number of nitrogens with one attached hydrogen (secondary N) is 1. The fourth-order valence-electron chi connectivity index (χ4n) is 3.12. The minimum absolute atomic E-state index is 0.0338. The lowest BCUT2D eigenvalue weighted by Gasteiger charge is -2.27. The number of rotatable bonds is 4. The topological polar surface area (TPSA) is 38.3 Å². The number of methoxy groups -OCH3 is 1. The van der Waals surface area contributed by atoms with E-state index in [1.807, 2.05) is 60.7 Å². The van der Waals surface area contributed by atoms with Crippen molar-refractivity contribution in [2.45, 2.75) is 19.3 Å². The van der Waals surface area contributed by atoms with Crippen molar-refractivity contribution in [2.24, 2.45) is 0 Å². The number of carbonyl (C=O) groups is 1. The van der Waals surface area contributed by atoms with Crippen molar-refractivity contribution in [3.05, 3.63) is 88.1 Å². The molecule has 0 unspecified atom stereocenters. The molecule has 1 aliphatic carbocycles. The Morgan fingerprint density at radius 3 is 2.44 bits per heavy atom. The molecule has 0 spiro atoms. The first-order valence-corrected chi connectivity index (χ1v) is 8.53. The number of ether oxygens (including phenoxy) is 1. The number of anilines is 1. The van der Waals surface area contributed by atoms with Gasteiger partial charge in [0.25, 0.3) is 0 Å². The van der Waals surface area contributed by atoms with E-state index < -0.39 is 0 Å². The second kappa shape index (κ2) is 7.58. The van der Waals surface area contributed by atoms with Crippen molar-refractivity contribution < 1.29 is 9.53 Å². The molecule has 2 aromatic rings. The maximum Gasteiger partial charge on any atom is 0.336 e. The molecule has 0 aliphatic heterocycles. The summed E-state index contributed by atoms with van der Waals surface area (Å²) in [6.45, 7) is 2.08. The van der Waals surface area contributed by atoms with E-state index in [1.54, 1.807) is 0 Å². The van der Waals surface area contributed by atoms with Crippen LogP contribution in [0.1, 0.15) is 24.8 Å². The van der Waals surface area contributed by atoms with Crippen molar-refractivity contribution in [1.29, 1.82) is 0 Å². The first kappa shape index (κ1) is 17.3. The summed E-state index contributed by atoms with van der Waals surface area (Å²) in [5, 5.41) is 4.02. The summed E-state index contributed by atoms with van der Waals surface area (Å²) >= 11 is 5.96. The normalized spacial score (nSPS) is 17.1. The average molecular weight is 354 g/mol. The minimum atomic E-state index is -0.311. The Balaban J connectivity index is 2.06. The number of hydrogen-bond donors (Lipinski definition) is 1.